The van der Waals surface area contributed by atoms with E-state index < -0.39 is 0 Å². The molecule has 0 saturated heterocycles. The number of benzene rings is 1. The summed E-state index contributed by atoms with van der Waals surface area (Å²) < 4.78 is 16.4. The van der Waals surface area contributed by atoms with Crippen molar-refractivity contribution in [3.63, 3.8) is 0 Å². The number of amides is 1. The summed E-state index contributed by atoms with van der Waals surface area (Å²) in [6.07, 6.45) is 0.705. The highest BCUT2D eigenvalue weighted by molar-refractivity contribution is 5.97. The molecule has 128 valence electrons. The second-order valence-electron chi connectivity index (χ2n) is 5.79. The van der Waals surface area contributed by atoms with Crippen molar-refractivity contribution in [2.24, 2.45) is 0 Å². The number of oxazole rings is 1. The van der Waals surface area contributed by atoms with Gasteiger partial charge in [0.2, 0.25) is 0 Å². The molecule has 0 atom stereocenters. The Morgan fingerprint density at radius 2 is 2.12 bits per heavy atom. The Labute approximate surface area is 144 Å². The van der Waals surface area contributed by atoms with Gasteiger partial charge in [-0.2, -0.15) is 0 Å². The van der Waals surface area contributed by atoms with Crippen molar-refractivity contribution in [3.8, 4) is 11.3 Å². The lowest BCUT2D eigenvalue weighted by Gasteiger charge is -2.10. The highest BCUT2D eigenvalue weighted by atomic mass is 16.5. The molecule has 0 unspecified atom stereocenters. The molecule has 3 heterocycles. The number of nitrogens with zero attached hydrogens (tertiary/aromatic N) is 2. The van der Waals surface area contributed by atoms with E-state index >= 15 is 0 Å². The van der Waals surface area contributed by atoms with Gasteiger partial charge in [-0.3, -0.25) is 4.79 Å². The van der Waals surface area contributed by atoms with E-state index in [0.29, 0.717) is 37.0 Å². The molecule has 1 aromatic carbocycles. The standard InChI is InChI=1S/C18H17N3O4/c1-11-20-16(17(24-11)12-5-3-2-4-6-12)18(22)19-9-14-13-10-23-8-7-15(13)25-21-14/h2-6H,7-10H2,1H3,(H,19,22). The molecule has 4 rings (SSSR count). The summed E-state index contributed by atoms with van der Waals surface area (Å²) in [6, 6.07) is 9.43. The highest BCUT2D eigenvalue weighted by Gasteiger charge is 2.23. The highest BCUT2D eigenvalue weighted by Crippen LogP contribution is 2.25. The van der Waals surface area contributed by atoms with Gasteiger partial charge in [-0.15, -0.1) is 0 Å². The number of carbonyl (C=O) groups is 1. The third kappa shape index (κ3) is 3.06. The Hall–Kier alpha value is -2.93. The lowest BCUT2D eigenvalue weighted by Crippen LogP contribution is -2.25. The number of ether oxygens (including phenoxy) is 1. The van der Waals surface area contributed by atoms with Crippen molar-refractivity contribution in [3.05, 3.63) is 58.9 Å². The summed E-state index contributed by atoms with van der Waals surface area (Å²) in [5.74, 6) is 1.42. The van der Waals surface area contributed by atoms with Gasteiger partial charge in [0.1, 0.15) is 11.5 Å². The molecule has 7 nitrogen and oxygen atoms in total. The molecule has 1 amide bonds. The second-order valence-corrected chi connectivity index (χ2v) is 5.79. The lowest BCUT2D eigenvalue weighted by atomic mass is 10.1. The monoisotopic (exact) mass is 339 g/mol. The molecule has 2 aromatic heterocycles. The summed E-state index contributed by atoms with van der Waals surface area (Å²) in [6.45, 7) is 3.06. The lowest BCUT2D eigenvalue weighted by molar-refractivity contribution is 0.0942. The van der Waals surface area contributed by atoms with E-state index in [-0.39, 0.29) is 18.1 Å². The molecule has 0 radical (unpaired) electrons. The maximum atomic E-state index is 12.6. The molecule has 0 spiro atoms. The van der Waals surface area contributed by atoms with Crippen LogP contribution in [0.1, 0.15) is 33.4 Å². The third-order valence-corrected chi connectivity index (χ3v) is 4.07. The Balaban J connectivity index is 1.53. The first kappa shape index (κ1) is 15.6. The topological polar surface area (TPSA) is 90.4 Å². The van der Waals surface area contributed by atoms with Gasteiger partial charge < -0.3 is 19.0 Å². The van der Waals surface area contributed by atoms with Crippen molar-refractivity contribution in [1.29, 1.82) is 0 Å². The van der Waals surface area contributed by atoms with Crippen LogP contribution in [0.2, 0.25) is 0 Å². The molecule has 0 bridgehead atoms. The predicted octanol–water partition coefficient (Wildman–Crippen LogP) is 2.64. The number of hydrogen-bond donors (Lipinski definition) is 1. The Bertz CT molecular complexity index is 898. The molecule has 0 fully saturated rings. The summed E-state index contributed by atoms with van der Waals surface area (Å²) in [7, 11) is 0. The Kier molecular flexibility index (Phi) is 4.07. The fourth-order valence-electron chi connectivity index (χ4n) is 2.83. The molecule has 0 saturated carbocycles. The van der Waals surface area contributed by atoms with E-state index in [0.717, 1.165) is 16.9 Å². The van der Waals surface area contributed by atoms with Crippen molar-refractivity contribution < 1.29 is 18.5 Å². The van der Waals surface area contributed by atoms with Crippen LogP contribution in [-0.4, -0.2) is 22.7 Å². The van der Waals surface area contributed by atoms with Crippen molar-refractivity contribution in [1.82, 2.24) is 15.5 Å². The van der Waals surface area contributed by atoms with Crippen LogP contribution in [0.25, 0.3) is 11.3 Å². The van der Waals surface area contributed by atoms with E-state index in [9.17, 15) is 4.79 Å². The number of hydrogen-bond acceptors (Lipinski definition) is 6. The first-order chi connectivity index (χ1) is 12.2. The van der Waals surface area contributed by atoms with Crippen LogP contribution in [0, 0.1) is 6.92 Å². The van der Waals surface area contributed by atoms with Crippen LogP contribution in [0.3, 0.4) is 0 Å². The molecular weight excluding hydrogens is 322 g/mol. The number of carbonyl (C=O) groups excluding carboxylic acids is 1. The SMILES string of the molecule is Cc1nc(C(=O)NCc2noc3c2COCC3)c(-c2ccccc2)o1. The third-order valence-electron chi connectivity index (χ3n) is 4.07. The minimum Gasteiger partial charge on any atom is -0.440 e. The molecular formula is C18H17N3O4. The fourth-order valence-corrected chi connectivity index (χ4v) is 2.83. The van der Waals surface area contributed by atoms with E-state index in [1.54, 1.807) is 6.92 Å². The number of aromatic nitrogens is 2. The number of nitrogens with one attached hydrogen (secondary N) is 1. The molecule has 1 aliphatic heterocycles. The molecule has 25 heavy (non-hydrogen) atoms. The zero-order valence-electron chi connectivity index (χ0n) is 13.7. The van der Waals surface area contributed by atoms with Gasteiger partial charge in [0, 0.05) is 24.5 Å². The number of rotatable bonds is 4. The van der Waals surface area contributed by atoms with Crippen LogP contribution in [0.15, 0.2) is 39.3 Å². The summed E-state index contributed by atoms with van der Waals surface area (Å²) >= 11 is 0. The molecule has 7 heteroatoms. The van der Waals surface area contributed by atoms with Crippen molar-refractivity contribution in [2.75, 3.05) is 6.61 Å². The van der Waals surface area contributed by atoms with Gasteiger partial charge in [-0.05, 0) is 0 Å². The van der Waals surface area contributed by atoms with Gasteiger partial charge in [-0.25, -0.2) is 4.98 Å². The van der Waals surface area contributed by atoms with Gasteiger partial charge >= 0.3 is 0 Å². The van der Waals surface area contributed by atoms with Crippen molar-refractivity contribution in [2.45, 2.75) is 26.5 Å². The van der Waals surface area contributed by atoms with Crippen LogP contribution >= 0.6 is 0 Å². The average molecular weight is 339 g/mol. The maximum absolute atomic E-state index is 12.6. The van der Waals surface area contributed by atoms with Gasteiger partial charge in [0.15, 0.2) is 17.3 Å². The predicted molar refractivity (Wildman–Crippen MR) is 87.7 cm³/mol. The summed E-state index contributed by atoms with van der Waals surface area (Å²) in [5.41, 5.74) is 2.67. The Morgan fingerprint density at radius 1 is 1.28 bits per heavy atom. The first-order valence-electron chi connectivity index (χ1n) is 8.07. The molecule has 3 aromatic rings. The van der Waals surface area contributed by atoms with E-state index in [1.165, 1.54) is 0 Å². The minimum atomic E-state index is -0.316. The Morgan fingerprint density at radius 3 is 2.96 bits per heavy atom. The molecule has 1 aliphatic rings. The molecule has 0 aliphatic carbocycles. The van der Waals surface area contributed by atoms with Crippen molar-refractivity contribution >= 4 is 5.91 Å². The zero-order valence-corrected chi connectivity index (χ0v) is 13.7. The van der Waals surface area contributed by atoms with Crippen LogP contribution in [0.5, 0.6) is 0 Å². The minimum absolute atomic E-state index is 0.251. The zero-order chi connectivity index (χ0) is 17.2. The van der Waals surface area contributed by atoms with E-state index in [4.69, 9.17) is 13.7 Å². The average Bonchev–Trinajstić information content (AvgIpc) is 3.24. The van der Waals surface area contributed by atoms with Crippen LogP contribution in [-0.2, 0) is 24.3 Å². The van der Waals surface area contributed by atoms with Gasteiger partial charge in [0.25, 0.3) is 5.91 Å². The maximum Gasteiger partial charge on any atom is 0.274 e. The first-order valence-corrected chi connectivity index (χ1v) is 8.07. The van der Waals surface area contributed by atoms with E-state index in [2.05, 4.69) is 15.5 Å². The fraction of sp³-hybridized carbons (Fsp3) is 0.278. The van der Waals surface area contributed by atoms with Crippen LogP contribution in [0.4, 0.5) is 0 Å². The second kappa shape index (κ2) is 6.52. The van der Waals surface area contributed by atoms with E-state index in [1.807, 2.05) is 30.3 Å². The smallest absolute Gasteiger partial charge is 0.274 e. The number of fused-ring (bicyclic) bond motifs is 1. The normalized spacial score (nSPS) is 13.5. The van der Waals surface area contributed by atoms with Crippen LogP contribution < -0.4 is 5.32 Å². The van der Waals surface area contributed by atoms with Gasteiger partial charge in [0.05, 0.1) is 19.8 Å². The quantitative estimate of drug-likeness (QED) is 0.786. The summed E-state index contributed by atoms with van der Waals surface area (Å²) in [5, 5.41) is 6.87. The summed E-state index contributed by atoms with van der Waals surface area (Å²) in [4.78, 5) is 16.8. The largest absolute Gasteiger partial charge is 0.440 e. The molecule has 1 N–H and O–H groups in total. The number of aryl methyl sites for hydroxylation is 1. The van der Waals surface area contributed by atoms with Gasteiger partial charge in [-0.1, -0.05) is 35.5 Å².